The van der Waals surface area contributed by atoms with Crippen molar-refractivity contribution in [3.05, 3.63) is 35.5 Å². The number of nitrogens with one attached hydrogen (secondary N) is 1. The number of aromatic nitrogens is 1. The Morgan fingerprint density at radius 3 is 3.14 bits per heavy atom. The highest BCUT2D eigenvalue weighted by atomic mass is 35.5. The Kier molecular flexibility index (Phi) is 3.48. The van der Waals surface area contributed by atoms with Crippen molar-refractivity contribution in [2.24, 2.45) is 5.92 Å². The molecule has 2 fully saturated rings. The first kappa shape index (κ1) is 13.4. The van der Waals surface area contributed by atoms with Crippen molar-refractivity contribution in [3.63, 3.8) is 0 Å². The molecule has 3 nitrogen and oxygen atoms in total. The van der Waals surface area contributed by atoms with Crippen LogP contribution in [0.4, 0.5) is 5.69 Å². The lowest BCUT2D eigenvalue weighted by molar-refractivity contribution is 0.244. The summed E-state index contributed by atoms with van der Waals surface area (Å²) in [6.07, 6.45) is 5.80. The fraction of sp³-hybridized carbons (Fsp3) is 0.471. The largest absolute Gasteiger partial charge is 0.371 e. The summed E-state index contributed by atoms with van der Waals surface area (Å²) in [5, 5.41) is 5.65. The van der Waals surface area contributed by atoms with E-state index in [1.165, 1.54) is 36.9 Å². The van der Waals surface area contributed by atoms with E-state index < -0.39 is 0 Å². The molecule has 2 aliphatic heterocycles. The maximum atomic E-state index is 6.09. The van der Waals surface area contributed by atoms with E-state index in [1.807, 2.05) is 18.3 Å². The lowest BCUT2D eigenvalue weighted by Gasteiger charge is -2.43. The number of halogens is 1. The third kappa shape index (κ3) is 2.49. The highest BCUT2D eigenvalue weighted by Gasteiger charge is 2.31. The van der Waals surface area contributed by atoms with Crippen LogP contribution in [0.1, 0.15) is 19.3 Å². The summed E-state index contributed by atoms with van der Waals surface area (Å²) < 4.78 is 0. The molecule has 0 bridgehead atoms. The van der Waals surface area contributed by atoms with Crippen molar-refractivity contribution in [2.45, 2.75) is 25.3 Å². The number of hydrogen-bond donors (Lipinski definition) is 1. The molecule has 2 aliphatic rings. The van der Waals surface area contributed by atoms with Crippen LogP contribution in [0.15, 0.2) is 30.5 Å². The highest BCUT2D eigenvalue weighted by Crippen LogP contribution is 2.32. The van der Waals surface area contributed by atoms with Crippen molar-refractivity contribution in [1.29, 1.82) is 0 Å². The Balaban J connectivity index is 1.67. The van der Waals surface area contributed by atoms with Crippen LogP contribution in [0.3, 0.4) is 0 Å². The second-order valence-electron chi connectivity index (χ2n) is 6.19. The predicted molar refractivity (Wildman–Crippen MR) is 88.1 cm³/mol. The van der Waals surface area contributed by atoms with Crippen molar-refractivity contribution in [2.75, 3.05) is 24.5 Å². The number of nitrogens with zero attached hydrogens (tertiary/aromatic N) is 2. The summed E-state index contributed by atoms with van der Waals surface area (Å²) in [4.78, 5) is 6.99. The van der Waals surface area contributed by atoms with Gasteiger partial charge in [-0.2, -0.15) is 0 Å². The molecule has 0 radical (unpaired) electrons. The minimum atomic E-state index is 0.720. The first-order valence-corrected chi connectivity index (χ1v) is 8.22. The minimum Gasteiger partial charge on any atom is -0.371 e. The van der Waals surface area contributed by atoms with Crippen LogP contribution in [-0.4, -0.2) is 30.7 Å². The third-order valence-corrected chi connectivity index (χ3v) is 5.15. The lowest BCUT2D eigenvalue weighted by atomic mass is 9.85. The van der Waals surface area contributed by atoms with E-state index in [0.29, 0.717) is 0 Å². The Labute approximate surface area is 130 Å². The second-order valence-corrected chi connectivity index (χ2v) is 6.63. The van der Waals surface area contributed by atoms with E-state index in [4.69, 9.17) is 11.6 Å². The molecule has 110 valence electrons. The summed E-state index contributed by atoms with van der Waals surface area (Å²) in [7, 11) is 0. The number of rotatable bonds is 1. The van der Waals surface area contributed by atoms with Gasteiger partial charge in [0, 0.05) is 41.4 Å². The van der Waals surface area contributed by atoms with E-state index in [0.717, 1.165) is 35.6 Å². The minimum absolute atomic E-state index is 0.720. The van der Waals surface area contributed by atoms with Crippen molar-refractivity contribution in [1.82, 2.24) is 10.3 Å². The van der Waals surface area contributed by atoms with Crippen LogP contribution in [0.2, 0.25) is 5.02 Å². The zero-order chi connectivity index (χ0) is 14.2. The van der Waals surface area contributed by atoms with Crippen LogP contribution in [0, 0.1) is 5.92 Å². The third-order valence-electron chi connectivity index (χ3n) is 4.91. The molecule has 4 heteroatoms. The molecule has 3 heterocycles. The van der Waals surface area contributed by atoms with Gasteiger partial charge in [0.1, 0.15) is 0 Å². The van der Waals surface area contributed by atoms with Gasteiger partial charge in [0.2, 0.25) is 0 Å². The maximum absolute atomic E-state index is 6.09. The molecule has 4 rings (SSSR count). The van der Waals surface area contributed by atoms with Crippen LogP contribution < -0.4 is 10.2 Å². The van der Waals surface area contributed by atoms with Crippen LogP contribution >= 0.6 is 11.6 Å². The topological polar surface area (TPSA) is 28.2 Å². The van der Waals surface area contributed by atoms with Gasteiger partial charge in [0.15, 0.2) is 0 Å². The number of benzene rings is 1. The SMILES string of the molecule is Clc1ccc2c(N3CCC4NCCCC4C3)ccnc2c1. The van der Waals surface area contributed by atoms with Crippen LogP contribution in [0.5, 0.6) is 0 Å². The smallest absolute Gasteiger partial charge is 0.0737 e. The molecule has 2 atom stereocenters. The molecule has 0 amide bonds. The average molecular weight is 302 g/mol. The summed E-state index contributed by atoms with van der Waals surface area (Å²) >= 11 is 6.09. The number of pyridine rings is 1. The van der Waals surface area contributed by atoms with E-state index >= 15 is 0 Å². The molecule has 1 aromatic carbocycles. The first-order chi connectivity index (χ1) is 10.3. The molecule has 21 heavy (non-hydrogen) atoms. The molecule has 0 spiro atoms. The summed E-state index contributed by atoms with van der Waals surface area (Å²) in [5.74, 6) is 0.781. The van der Waals surface area contributed by atoms with Crippen LogP contribution in [-0.2, 0) is 0 Å². The van der Waals surface area contributed by atoms with Crippen molar-refractivity contribution in [3.8, 4) is 0 Å². The fourth-order valence-corrected chi connectivity index (χ4v) is 4.01. The monoisotopic (exact) mass is 301 g/mol. The van der Waals surface area contributed by atoms with E-state index in [-0.39, 0.29) is 0 Å². The van der Waals surface area contributed by atoms with Crippen molar-refractivity contribution < 1.29 is 0 Å². The average Bonchev–Trinajstić information content (AvgIpc) is 2.53. The first-order valence-electron chi connectivity index (χ1n) is 7.84. The van der Waals surface area contributed by atoms with Gasteiger partial charge < -0.3 is 10.2 Å². The summed E-state index contributed by atoms with van der Waals surface area (Å²) in [6.45, 7) is 3.47. The van der Waals surface area contributed by atoms with E-state index in [2.05, 4.69) is 27.3 Å². The molecule has 0 aliphatic carbocycles. The molecule has 2 saturated heterocycles. The number of piperidine rings is 2. The molecule has 2 aromatic rings. The molecular weight excluding hydrogens is 282 g/mol. The van der Waals surface area contributed by atoms with E-state index in [9.17, 15) is 0 Å². The van der Waals surface area contributed by atoms with Gasteiger partial charge in [-0.05, 0) is 56.0 Å². The zero-order valence-electron chi connectivity index (χ0n) is 12.1. The summed E-state index contributed by atoms with van der Waals surface area (Å²) in [6, 6.07) is 8.88. The molecular formula is C17H20ClN3. The maximum Gasteiger partial charge on any atom is 0.0737 e. The molecule has 0 saturated carbocycles. The quantitative estimate of drug-likeness (QED) is 0.874. The Morgan fingerprint density at radius 1 is 1.24 bits per heavy atom. The van der Waals surface area contributed by atoms with Gasteiger partial charge in [0.05, 0.1) is 5.52 Å². The Bertz CT molecular complexity index is 658. The van der Waals surface area contributed by atoms with Gasteiger partial charge in [-0.1, -0.05) is 11.6 Å². The van der Waals surface area contributed by atoms with Crippen LogP contribution in [0.25, 0.3) is 10.9 Å². The molecule has 2 unspecified atom stereocenters. The number of fused-ring (bicyclic) bond motifs is 2. The van der Waals surface area contributed by atoms with Gasteiger partial charge in [-0.25, -0.2) is 0 Å². The molecule has 1 N–H and O–H groups in total. The summed E-state index contributed by atoms with van der Waals surface area (Å²) in [5.41, 5.74) is 2.30. The number of hydrogen-bond acceptors (Lipinski definition) is 3. The van der Waals surface area contributed by atoms with Crippen molar-refractivity contribution >= 4 is 28.2 Å². The second kappa shape index (κ2) is 5.47. The van der Waals surface area contributed by atoms with Gasteiger partial charge >= 0.3 is 0 Å². The van der Waals surface area contributed by atoms with Gasteiger partial charge in [-0.3, -0.25) is 4.98 Å². The molecule has 1 aromatic heterocycles. The Hall–Kier alpha value is -1.32. The standard InChI is InChI=1S/C17H20ClN3/c18-13-3-4-14-16(10-13)20-8-5-17(14)21-9-6-15-12(11-21)2-1-7-19-15/h3-5,8,10,12,15,19H,1-2,6-7,9,11H2. The predicted octanol–water partition coefficient (Wildman–Crippen LogP) is 3.47. The lowest BCUT2D eigenvalue weighted by Crippen LogP contribution is -2.52. The number of anilines is 1. The van der Waals surface area contributed by atoms with E-state index in [1.54, 1.807) is 0 Å². The normalized spacial score (nSPS) is 25.9. The van der Waals surface area contributed by atoms with Gasteiger partial charge in [-0.15, -0.1) is 0 Å². The highest BCUT2D eigenvalue weighted by molar-refractivity contribution is 6.31. The fourth-order valence-electron chi connectivity index (χ4n) is 3.85. The Morgan fingerprint density at radius 2 is 2.19 bits per heavy atom. The van der Waals surface area contributed by atoms with Gasteiger partial charge in [0.25, 0.3) is 0 Å². The zero-order valence-corrected chi connectivity index (χ0v) is 12.8.